The van der Waals surface area contributed by atoms with Gasteiger partial charge in [-0.25, -0.2) is 0 Å². The normalized spacial score (nSPS) is 54.5. The average molecular weight is 1240 g/mol. The predicted molar refractivity (Wildman–Crippen MR) is 286 cm³/mol. The van der Waals surface area contributed by atoms with E-state index in [1.807, 2.05) is 6.92 Å². The summed E-state index contributed by atoms with van der Waals surface area (Å²) < 4.78 is 58.9. The summed E-state index contributed by atoms with van der Waals surface area (Å²) in [4.78, 5) is 15.4. The molecule has 5 aliphatic carbocycles. The van der Waals surface area contributed by atoms with Gasteiger partial charge in [-0.05, 0) is 98.7 Å². The summed E-state index contributed by atoms with van der Waals surface area (Å²) in [6, 6.07) is 0. The van der Waals surface area contributed by atoms with E-state index >= 15 is 4.79 Å². The number of carbonyl (C=O) groups is 1. The van der Waals surface area contributed by atoms with E-state index in [0.29, 0.717) is 38.5 Å². The Labute approximate surface area is 498 Å². The third kappa shape index (κ3) is 10.9. The standard InChI is InChI=1S/C58H94O28/c1-22-32(66)35(69)38(72)48(79-22)83-43-29(65)19-77-47(41(43)75)82-42-23(2)80-49(40(74)37(42)71)84-44-33(67)28(64)18-78-51(44)86-52(76)57-12-10-53(3,4)14-25(57)24-8-9-31-54(5)15-27(63)46(85-50-39(73)36(70)34(68)30(17-59)81-50)58(20-60,21-61)45(54)26(62)16-56(31,7)55(24,6)11-13-57/h8,22-23,25-51,59-75H,9-21H2,1-7H3/t22-,23-,25-,26+,27+,28-,29+,30+,31+,32-,33-,34+,35+,36-,37-,38+,39+,40+,41+,42-,43-,44+,45+,46-,47-,48-,49-,50-,51-,54+,55+,56+,57-/m0/s1. The molecule has 0 aromatic heterocycles. The minimum atomic E-state index is -1.97. The highest BCUT2D eigenvalue weighted by atomic mass is 16.8. The predicted octanol–water partition coefficient (Wildman–Crippen LogP) is -4.99. The van der Waals surface area contributed by atoms with Crippen LogP contribution in [0.1, 0.15) is 99.8 Å². The van der Waals surface area contributed by atoms with Gasteiger partial charge in [0.1, 0.15) is 91.6 Å². The Morgan fingerprint density at radius 1 is 0.535 bits per heavy atom. The first kappa shape index (κ1) is 67.1. The van der Waals surface area contributed by atoms with Gasteiger partial charge in [0.25, 0.3) is 0 Å². The molecular weight excluding hydrogens is 1140 g/mol. The van der Waals surface area contributed by atoms with Gasteiger partial charge >= 0.3 is 5.97 Å². The molecule has 0 radical (unpaired) electrons. The molecule has 9 fully saturated rings. The molecule has 0 bridgehead atoms. The number of rotatable bonds is 13. The Morgan fingerprint density at radius 3 is 1.76 bits per heavy atom. The van der Waals surface area contributed by atoms with Gasteiger partial charge in [0, 0.05) is 5.92 Å². The molecule has 28 heteroatoms. The lowest BCUT2D eigenvalue weighted by Gasteiger charge is -2.72. The Balaban J connectivity index is 0.859. The third-order valence-electron chi connectivity index (χ3n) is 22.7. The van der Waals surface area contributed by atoms with Crippen molar-refractivity contribution < 1.29 is 139 Å². The van der Waals surface area contributed by atoms with Crippen LogP contribution in [0.5, 0.6) is 0 Å². The summed E-state index contributed by atoms with van der Waals surface area (Å²) in [5.41, 5.74) is -4.67. The second kappa shape index (κ2) is 24.6. The van der Waals surface area contributed by atoms with Crippen LogP contribution in [0, 0.1) is 50.2 Å². The second-order valence-corrected chi connectivity index (χ2v) is 28.2. The van der Waals surface area contributed by atoms with Crippen molar-refractivity contribution in [2.45, 2.75) is 259 Å². The summed E-state index contributed by atoms with van der Waals surface area (Å²) in [5.74, 6) is -2.33. The molecule has 5 aliphatic heterocycles. The number of carbonyl (C=O) groups excluding carboxylic acids is 1. The van der Waals surface area contributed by atoms with E-state index in [1.54, 1.807) is 0 Å². The fourth-order valence-electron chi connectivity index (χ4n) is 17.7. The second-order valence-electron chi connectivity index (χ2n) is 28.2. The molecular formula is C58H94O28. The molecule has 0 aromatic carbocycles. The van der Waals surface area contributed by atoms with Gasteiger partial charge in [-0.1, -0.05) is 46.3 Å². The van der Waals surface area contributed by atoms with Gasteiger partial charge in [-0.2, -0.15) is 0 Å². The van der Waals surface area contributed by atoms with Gasteiger partial charge in [0.05, 0.1) is 74.4 Å². The van der Waals surface area contributed by atoms with Gasteiger partial charge in [-0.15, -0.1) is 0 Å². The zero-order chi connectivity index (χ0) is 62.9. The fraction of sp³-hybridized carbons (Fsp3) is 0.948. The highest BCUT2D eigenvalue weighted by Gasteiger charge is 2.74. The number of hydrogen-bond donors (Lipinski definition) is 17. The molecule has 5 saturated heterocycles. The van der Waals surface area contributed by atoms with E-state index in [-0.39, 0.29) is 24.2 Å². The lowest BCUT2D eigenvalue weighted by Crippen LogP contribution is -2.73. The molecule has 17 N–H and O–H groups in total. The maximum absolute atomic E-state index is 15.4. The highest BCUT2D eigenvalue weighted by molar-refractivity contribution is 5.79. The number of esters is 1. The smallest absolute Gasteiger partial charge is 0.315 e. The SMILES string of the molecule is C[C@@H]1O[C@@H](O[C@@H]2[C@@H](O)[C@H](O[C@@H]3[C@@H](O)[C@@H](O)[C@H](O[C@H]4[C@H](OC(=O)[C@]56CCC(C)(C)C[C@H]5C5=CC[C@@H]7[C@@]8(C)C[C@@H](O)[C@H](O[C@@H]9O[C@H](CO)[C@@H](O)[C@H](O)[C@H]9O)C(CO)(CO)[C@@H]8[C@H](O)C[C@@]7(C)[C@]5(C)CC6)OC[C@H](O)[C@@H]4O)O[C@H]3C)OC[C@H]2O)[C@H](O)[C@H](O)[C@H]1O. The number of ether oxygens (including phenoxy) is 10. The molecule has 10 aliphatic rings. The van der Waals surface area contributed by atoms with Crippen LogP contribution in [0.3, 0.4) is 0 Å². The molecule has 0 unspecified atom stereocenters. The van der Waals surface area contributed by atoms with Crippen LogP contribution in [0.25, 0.3) is 0 Å². The van der Waals surface area contributed by atoms with Crippen LogP contribution < -0.4 is 0 Å². The van der Waals surface area contributed by atoms with Crippen molar-refractivity contribution in [1.29, 1.82) is 0 Å². The average Bonchev–Trinajstić information content (AvgIpc) is 0.675. The maximum Gasteiger partial charge on any atom is 0.315 e. The number of fused-ring (bicyclic) bond motifs is 7. The van der Waals surface area contributed by atoms with Crippen LogP contribution in [0.15, 0.2) is 11.6 Å². The van der Waals surface area contributed by atoms with Crippen LogP contribution in [0.4, 0.5) is 0 Å². The van der Waals surface area contributed by atoms with Crippen molar-refractivity contribution in [1.82, 2.24) is 0 Å². The number of aliphatic hydroxyl groups is 17. The number of aliphatic hydroxyl groups excluding tert-OH is 17. The van der Waals surface area contributed by atoms with Gasteiger partial charge in [-0.3, -0.25) is 4.79 Å². The Hall–Kier alpha value is -1.83. The maximum atomic E-state index is 15.4. The van der Waals surface area contributed by atoms with Crippen molar-refractivity contribution in [2.75, 3.05) is 33.0 Å². The molecule has 0 aromatic rings. The van der Waals surface area contributed by atoms with E-state index in [4.69, 9.17) is 47.4 Å². The van der Waals surface area contributed by atoms with Gasteiger partial charge in [0.15, 0.2) is 31.3 Å². The minimum absolute atomic E-state index is 0.00234. The van der Waals surface area contributed by atoms with Crippen molar-refractivity contribution in [3.8, 4) is 0 Å². The lowest BCUT2D eigenvalue weighted by molar-refractivity contribution is -0.377. The first-order chi connectivity index (χ1) is 40.3. The first-order valence-electron chi connectivity index (χ1n) is 30.4. The minimum Gasteiger partial charge on any atom is -0.432 e. The van der Waals surface area contributed by atoms with E-state index in [9.17, 15) is 86.8 Å². The van der Waals surface area contributed by atoms with Gasteiger partial charge < -0.3 is 134 Å². The Kier molecular flexibility index (Phi) is 19.2. The van der Waals surface area contributed by atoms with Crippen LogP contribution in [0.2, 0.25) is 0 Å². The van der Waals surface area contributed by atoms with Crippen molar-refractivity contribution in [3.63, 3.8) is 0 Å². The largest absolute Gasteiger partial charge is 0.432 e. The van der Waals surface area contributed by atoms with E-state index in [2.05, 4.69) is 33.8 Å². The molecule has 10 rings (SSSR count). The van der Waals surface area contributed by atoms with E-state index < -0.39 is 238 Å². The van der Waals surface area contributed by atoms with E-state index in [1.165, 1.54) is 13.8 Å². The summed E-state index contributed by atoms with van der Waals surface area (Å²) in [6.45, 7) is 10.0. The zero-order valence-corrected chi connectivity index (χ0v) is 49.6. The van der Waals surface area contributed by atoms with Crippen LogP contribution in [-0.4, -0.2) is 285 Å². The summed E-state index contributed by atoms with van der Waals surface area (Å²) in [5, 5.41) is 188. The number of allylic oxidation sites excluding steroid dienone is 2. The van der Waals surface area contributed by atoms with Crippen LogP contribution in [-0.2, 0) is 52.2 Å². The molecule has 4 saturated carbocycles. The lowest BCUT2D eigenvalue weighted by atomic mass is 9.32. The van der Waals surface area contributed by atoms with Crippen molar-refractivity contribution in [3.05, 3.63) is 11.6 Å². The molecule has 0 amide bonds. The van der Waals surface area contributed by atoms with E-state index in [0.717, 1.165) is 5.57 Å². The summed E-state index contributed by atoms with van der Waals surface area (Å²) in [6.07, 6.45) is -36.7. The Morgan fingerprint density at radius 2 is 1.10 bits per heavy atom. The Bertz CT molecular complexity index is 2400. The highest BCUT2D eigenvalue weighted by Crippen LogP contribution is 2.76. The van der Waals surface area contributed by atoms with Crippen LogP contribution >= 0.6 is 0 Å². The molecule has 494 valence electrons. The van der Waals surface area contributed by atoms with Crippen molar-refractivity contribution >= 4 is 5.97 Å². The topological polar surface area (TPSA) is 453 Å². The summed E-state index contributed by atoms with van der Waals surface area (Å²) in [7, 11) is 0. The summed E-state index contributed by atoms with van der Waals surface area (Å²) >= 11 is 0. The zero-order valence-electron chi connectivity index (χ0n) is 49.6. The number of hydrogen-bond acceptors (Lipinski definition) is 28. The fourth-order valence-corrected chi connectivity index (χ4v) is 17.7. The van der Waals surface area contributed by atoms with Crippen molar-refractivity contribution in [2.24, 2.45) is 50.2 Å². The van der Waals surface area contributed by atoms with Gasteiger partial charge in [0.2, 0.25) is 6.29 Å². The monoisotopic (exact) mass is 1240 g/mol. The molecule has 5 heterocycles. The quantitative estimate of drug-likeness (QED) is 0.0466. The third-order valence-corrected chi connectivity index (χ3v) is 22.7. The molecule has 86 heavy (non-hydrogen) atoms. The molecule has 28 nitrogen and oxygen atoms in total. The molecule has 0 spiro atoms. The first-order valence-corrected chi connectivity index (χ1v) is 30.4. The molecule has 33 atom stereocenters.